The van der Waals surface area contributed by atoms with Crippen LogP contribution in [0.2, 0.25) is 0 Å². The summed E-state index contributed by atoms with van der Waals surface area (Å²) in [7, 11) is 0. The molecular weight excluding hydrogens is 258 g/mol. The third-order valence-electron chi connectivity index (χ3n) is 3.38. The Morgan fingerprint density at radius 1 is 1.42 bits per heavy atom. The topological polar surface area (TPSA) is 70.6 Å². The summed E-state index contributed by atoms with van der Waals surface area (Å²) in [5, 5.41) is 19.5. The molecule has 0 saturated heterocycles. The van der Waals surface area contributed by atoms with Gasteiger partial charge in [-0.1, -0.05) is 25.4 Å². The minimum atomic E-state index is -0.217. The van der Waals surface area contributed by atoms with Gasteiger partial charge in [-0.3, -0.25) is 0 Å². The summed E-state index contributed by atoms with van der Waals surface area (Å²) in [5.41, 5.74) is 6.84. The van der Waals surface area contributed by atoms with Crippen molar-refractivity contribution in [3.8, 4) is 0 Å². The van der Waals surface area contributed by atoms with Crippen LogP contribution in [0.5, 0.6) is 0 Å². The molecule has 0 aromatic carbocycles. The van der Waals surface area contributed by atoms with E-state index >= 15 is 0 Å². The van der Waals surface area contributed by atoms with E-state index in [1.165, 1.54) is 5.56 Å². The Labute approximate surface area is 119 Å². The molecule has 0 spiro atoms. The van der Waals surface area contributed by atoms with Gasteiger partial charge >= 0.3 is 0 Å². The summed E-state index contributed by atoms with van der Waals surface area (Å²) in [6.45, 7) is 6.06. The van der Waals surface area contributed by atoms with Gasteiger partial charge < -0.3 is 16.3 Å². The number of thiophene rings is 1. The second-order valence-corrected chi connectivity index (χ2v) is 6.24. The van der Waals surface area contributed by atoms with Gasteiger partial charge in [0.25, 0.3) is 0 Å². The molecule has 5 heteroatoms. The average molecular weight is 283 g/mol. The molecule has 0 bridgehead atoms. The Morgan fingerprint density at radius 3 is 2.84 bits per heavy atom. The molecule has 108 valence electrons. The highest BCUT2D eigenvalue weighted by Crippen LogP contribution is 2.23. The van der Waals surface area contributed by atoms with Crippen molar-refractivity contribution in [1.29, 1.82) is 0 Å². The Balaban J connectivity index is 2.02. The van der Waals surface area contributed by atoms with Gasteiger partial charge in [0.15, 0.2) is 0 Å². The maximum absolute atomic E-state index is 8.69. The largest absolute Gasteiger partial charge is 0.409 e. The molecule has 0 radical (unpaired) electrons. The second-order valence-electron chi connectivity index (χ2n) is 5.46. The zero-order valence-corrected chi connectivity index (χ0v) is 12.7. The highest BCUT2D eigenvalue weighted by molar-refractivity contribution is 7.07. The van der Waals surface area contributed by atoms with Gasteiger partial charge in [0.05, 0.1) is 0 Å². The number of rotatable bonds is 9. The van der Waals surface area contributed by atoms with Crippen molar-refractivity contribution in [2.75, 3.05) is 13.1 Å². The minimum Gasteiger partial charge on any atom is -0.409 e. The number of hydrogen-bond donors (Lipinski definition) is 3. The predicted molar refractivity (Wildman–Crippen MR) is 81.9 cm³/mol. The first-order chi connectivity index (χ1) is 9.06. The van der Waals surface area contributed by atoms with E-state index in [4.69, 9.17) is 10.9 Å². The van der Waals surface area contributed by atoms with E-state index in [-0.39, 0.29) is 5.41 Å². The van der Waals surface area contributed by atoms with Crippen LogP contribution in [0, 0.1) is 5.41 Å². The van der Waals surface area contributed by atoms with E-state index in [1.807, 2.05) is 13.8 Å². The quantitative estimate of drug-likeness (QED) is 0.214. The van der Waals surface area contributed by atoms with E-state index in [9.17, 15) is 0 Å². The summed E-state index contributed by atoms with van der Waals surface area (Å²) < 4.78 is 0. The normalized spacial score (nSPS) is 12.8. The number of oxime groups is 1. The summed E-state index contributed by atoms with van der Waals surface area (Å²) in [5.74, 6) is 0.318. The van der Waals surface area contributed by atoms with Gasteiger partial charge in [-0.25, -0.2) is 0 Å². The van der Waals surface area contributed by atoms with Gasteiger partial charge in [0.2, 0.25) is 0 Å². The third kappa shape index (κ3) is 6.07. The molecule has 1 rings (SSSR count). The van der Waals surface area contributed by atoms with Gasteiger partial charge in [0, 0.05) is 5.41 Å². The Bertz CT molecular complexity index is 374. The van der Waals surface area contributed by atoms with Crippen LogP contribution in [0.4, 0.5) is 0 Å². The van der Waals surface area contributed by atoms with Crippen molar-refractivity contribution in [3.63, 3.8) is 0 Å². The monoisotopic (exact) mass is 283 g/mol. The van der Waals surface area contributed by atoms with Crippen molar-refractivity contribution < 1.29 is 5.21 Å². The van der Waals surface area contributed by atoms with E-state index < -0.39 is 0 Å². The van der Waals surface area contributed by atoms with Crippen LogP contribution < -0.4 is 11.1 Å². The van der Waals surface area contributed by atoms with Crippen LogP contribution in [0.25, 0.3) is 0 Å². The lowest BCUT2D eigenvalue weighted by Crippen LogP contribution is -2.32. The molecule has 0 aliphatic rings. The standard InChI is InChI=1S/C14H25N3OS/c1-14(2,13(15)17-18)7-3-4-8-16-9-5-12-6-10-19-11-12/h6,10-11,16,18H,3-5,7-9H2,1-2H3,(H2,15,17). The first-order valence-electron chi connectivity index (χ1n) is 6.76. The van der Waals surface area contributed by atoms with Crippen LogP contribution in [-0.2, 0) is 6.42 Å². The number of nitrogens with zero attached hydrogens (tertiary/aromatic N) is 1. The molecule has 19 heavy (non-hydrogen) atoms. The number of unbranched alkanes of at least 4 members (excludes halogenated alkanes) is 1. The fourth-order valence-electron chi connectivity index (χ4n) is 1.87. The third-order valence-corrected chi connectivity index (χ3v) is 4.11. The number of nitrogens with one attached hydrogen (secondary N) is 1. The molecule has 0 aliphatic carbocycles. The molecule has 1 heterocycles. The molecule has 0 amide bonds. The zero-order chi connectivity index (χ0) is 14.1. The lowest BCUT2D eigenvalue weighted by atomic mass is 9.86. The Kier molecular flexibility index (Phi) is 6.87. The lowest BCUT2D eigenvalue weighted by molar-refractivity contribution is 0.304. The van der Waals surface area contributed by atoms with E-state index in [1.54, 1.807) is 11.3 Å². The highest BCUT2D eigenvalue weighted by atomic mass is 32.1. The fourth-order valence-corrected chi connectivity index (χ4v) is 2.58. The molecule has 1 aromatic rings. The summed E-state index contributed by atoms with van der Waals surface area (Å²) in [6.07, 6.45) is 4.23. The number of amidine groups is 1. The van der Waals surface area contributed by atoms with Crippen LogP contribution in [0.3, 0.4) is 0 Å². The van der Waals surface area contributed by atoms with Gasteiger partial charge in [0.1, 0.15) is 5.84 Å². The van der Waals surface area contributed by atoms with Crippen LogP contribution in [0.15, 0.2) is 22.0 Å². The van der Waals surface area contributed by atoms with E-state index in [0.29, 0.717) is 5.84 Å². The molecule has 4 N–H and O–H groups in total. The van der Waals surface area contributed by atoms with Crippen LogP contribution >= 0.6 is 11.3 Å². The van der Waals surface area contributed by atoms with Crippen molar-refractivity contribution in [3.05, 3.63) is 22.4 Å². The highest BCUT2D eigenvalue weighted by Gasteiger charge is 2.22. The molecule has 0 aliphatic heterocycles. The van der Waals surface area contributed by atoms with Crippen molar-refractivity contribution >= 4 is 17.2 Å². The number of hydrogen-bond acceptors (Lipinski definition) is 4. The maximum atomic E-state index is 8.69. The van der Waals surface area contributed by atoms with Crippen LogP contribution in [-0.4, -0.2) is 24.1 Å². The molecule has 0 unspecified atom stereocenters. The number of nitrogens with two attached hydrogens (primary N) is 1. The van der Waals surface area contributed by atoms with E-state index in [2.05, 4.69) is 27.3 Å². The van der Waals surface area contributed by atoms with Gasteiger partial charge in [-0.2, -0.15) is 11.3 Å². The molecule has 0 fully saturated rings. The predicted octanol–water partition coefficient (Wildman–Crippen LogP) is 2.82. The van der Waals surface area contributed by atoms with Crippen LogP contribution in [0.1, 0.15) is 38.7 Å². The average Bonchev–Trinajstić information content (AvgIpc) is 2.89. The molecule has 0 saturated carbocycles. The summed E-state index contributed by atoms with van der Waals surface area (Å²) in [6, 6.07) is 2.17. The fraction of sp³-hybridized carbons (Fsp3) is 0.643. The van der Waals surface area contributed by atoms with E-state index in [0.717, 1.165) is 38.8 Å². The smallest absolute Gasteiger partial charge is 0.144 e. The summed E-state index contributed by atoms with van der Waals surface area (Å²) >= 11 is 1.75. The molecule has 4 nitrogen and oxygen atoms in total. The second kappa shape index (κ2) is 8.17. The zero-order valence-electron chi connectivity index (χ0n) is 11.9. The van der Waals surface area contributed by atoms with Gasteiger partial charge in [-0.05, 0) is 54.7 Å². The molecule has 0 atom stereocenters. The first-order valence-corrected chi connectivity index (χ1v) is 7.70. The van der Waals surface area contributed by atoms with Crippen molar-refractivity contribution in [2.45, 2.75) is 39.5 Å². The molecule has 1 aromatic heterocycles. The maximum Gasteiger partial charge on any atom is 0.144 e. The Morgan fingerprint density at radius 2 is 2.21 bits per heavy atom. The molecular formula is C14H25N3OS. The van der Waals surface area contributed by atoms with Crippen molar-refractivity contribution in [1.82, 2.24) is 5.32 Å². The lowest BCUT2D eigenvalue weighted by Gasteiger charge is -2.22. The first kappa shape index (κ1) is 16.0. The SMILES string of the molecule is CC(C)(CCCCNCCc1ccsc1)/C(N)=N/O. The Hall–Kier alpha value is -1.07. The minimum absolute atomic E-state index is 0.217. The summed E-state index contributed by atoms with van der Waals surface area (Å²) in [4.78, 5) is 0. The van der Waals surface area contributed by atoms with Gasteiger partial charge in [-0.15, -0.1) is 0 Å². The van der Waals surface area contributed by atoms with Crippen molar-refractivity contribution in [2.24, 2.45) is 16.3 Å².